The minimum atomic E-state index is -0.963. The van der Waals surface area contributed by atoms with Crippen molar-refractivity contribution in [3.8, 4) is 23.0 Å². The van der Waals surface area contributed by atoms with Crippen molar-refractivity contribution in [3.05, 3.63) is 54.2 Å². The molecule has 0 aliphatic carbocycles. The number of fused-ring (bicyclic) bond motifs is 1. The monoisotopic (exact) mass is 407 g/mol. The first-order valence-electron chi connectivity index (χ1n) is 9.19. The first kappa shape index (κ1) is 19.3. The maximum atomic E-state index is 12.0. The van der Waals surface area contributed by atoms with Crippen LogP contribution >= 0.6 is 0 Å². The predicted octanol–water partition coefficient (Wildman–Crippen LogP) is 3.23. The van der Waals surface area contributed by atoms with E-state index < -0.39 is 12.0 Å². The molecule has 0 saturated heterocycles. The van der Waals surface area contributed by atoms with Gasteiger partial charge in [-0.15, -0.1) is 0 Å². The summed E-state index contributed by atoms with van der Waals surface area (Å²) in [6.07, 6.45) is 1.59. The van der Waals surface area contributed by atoms with Crippen molar-refractivity contribution < 1.29 is 19.4 Å². The number of H-pyrrole nitrogens is 2. The number of hydrogen-bond donors (Lipinski definition) is 3. The molecule has 4 aromatic rings. The molecule has 0 unspecified atom stereocenters. The third-order valence-electron chi connectivity index (χ3n) is 4.96. The highest BCUT2D eigenvalue weighted by Crippen LogP contribution is 2.35. The van der Waals surface area contributed by atoms with Crippen molar-refractivity contribution in [2.45, 2.75) is 6.04 Å². The van der Waals surface area contributed by atoms with E-state index in [4.69, 9.17) is 9.47 Å². The average molecular weight is 407 g/mol. The van der Waals surface area contributed by atoms with E-state index >= 15 is 0 Å². The van der Waals surface area contributed by atoms with Gasteiger partial charge < -0.3 is 24.5 Å². The quantitative estimate of drug-likeness (QED) is 0.431. The Balaban J connectivity index is 1.76. The van der Waals surface area contributed by atoms with Gasteiger partial charge in [-0.1, -0.05) is 30.3 Å². The second-order valence-electron chi connectivity index (χ2n) is 6.70. The van der Waals surface area contributed by atoms with Crippen molar-refractivity contribution in [2.24, 2.45) is 0 Å². The Morgan fingerprint density at radius 3 is 2.50 bits per heavy atom. The van der Waals surface area contributed by atoms with E-state index in [0.717, 1.165) is 5.52 Å². The first-order valence-corrected chi connectivity index (χ1v) is 9.19. The summed E-state index contributed by atoms with van der Waals surface area (Å²) in [5.74, 6) is 0.712. The zero-order valence-corrected chi connectivity index (χ0v) is 16.7. The predicted molar refractivity (Wildman–Crippen MR) is 112 cm³/mol. The lowest BCUT2D eigenvalue weighted by Gasteiger charge is -2.26. The third-order valence-corrected chi connectivity index (χ3v) is 4.96. The minimum Gasteiger partial charge on any atom is -0.493 e. The molecule has 9 nitrogen and oxygen atoms in total. The molecule has 0 saturated carbocycles. The first-order chi connectivity index (χ1) is 14.5. The Hall–Kier alpha value is -4.01. The Morgan fingerprint density at radius 1 is 1.13 bits per heavy atom. The van der Waals surface area contributed by atoms with E-state index in [-0.39, 0.29) is 0 Å². The second kappa shape index (κ2) is 7.78. The van der Waals surface area contributed by atoms with E-state index in [2.05, 4.69) is 20.2 Å². The molecule has 4 rings (SSSR count). The molecule has 0 amide bonds. The highest BCUT2D eigenvalue weighted by Gasteiger charge is 2.28. The fraction of sp³-hybridized carbons (Fsp3) is 0.190. The standard InChI is InChI=1S/C21H21N5O4/c1-26(19(21(27)28)12-7-5-4-6-8-12)15-11-22-25-18(15)20-23-13-9-16(29-2)17(30-3)10-14(13)24-20/h4-11,19H,1-3H3,(H,22,25)(H,23,24)(H,27,28)/t19-/m1/s1. The van der Waals surface area contributed by atoms with Gasteiger partial charge in [0.25, 0.3) is 0 Å². The van der Waals surface area contributed by atoms with Gasteiger partial charge in [0.05, 0.1) is 37.1 Å². The number of aromatic nitrogens is 4. The molecule has 3 N–H and O–H groups in total. The number of benzene rings is 2. The van der Waals surface area contributed by atoms with Crippen LogP contribution in [-0.2, 0) is 4.79 Å². The maximum Gasteiger partial charge on any atom is 0.331 e. The van der Waals surface area contributed by atoms with Crippen molar-refractivity contribution >= 4 is 22.7 Å². The fourth-order valence-corrected chi connectivity index (χ4v) is 3.48. The van der Waals surface area contributed by atoms with Gasteiger partial charge in [-0.25, -0.2) is 9.78 Å². The van der Waals surface area contributed by atoms with Crippen LogP contribution in [0.4, 0.5) is 5.69 Å². The summed E-state index contributed by atoms with van der Waals surface area (Å²) in [6, 6.07) is 11.7. The molecule has 1 atom stereocenters. The highest BCUT2D eigenvalue weighted by atomic mass is 16.5. The molecular weight excluding hydrogens is 386 g/mol. The third kappa shape index (κ3) is 3.30. The molecule has 0 bridgehead atoms. The van der Waals surface area contributed by atoms with Crippen LogP contribution < -0.4 is 14.4 Å². The van der Waals surface area contributed by atoms with Gasteiger partial charge in [0, 0.05) is 19.2 Å². The lowest BCUT2D eigenvalue weighted by atomic mass is 10.1. The number of aliphatic carboxylic acids is 1. The number of anilines is 1. The smallest absolute Gasteiger partial charge is 0.331 e. The fourth-order valence-electron chi connectivity index (χ4n) is 3.48. The van der Waals surface area contributed by atoms with Crippen molar-refractivity contribution in [3.63, 3.8) is 0 Å². The lowest BCUT2D eigenvalue weighted by Crippen LogP contribution is -2.30. The maximum absolute atomic E-state index is 12.0. The van der Waals surface area contributed by atoms with Crippen LogP contribution in [0.2, 0.25) is 0 Å². The molecule has 154 valence electrons. The highest BCUT2D eigenvalue weighted by molar-refractivity contribution is 5.86. The molecule has 0 aliphatic rings. The lowest BCUT2D eigenvalue weighted by molar-refractivity contribution is -0.138. The zero-order chi connectivity index (χ0) is 21.3. The molecule has 0 radical (unpaired) electrons. The number of imidazole rings is 1. The summed E-state index contributed by atoms with van der Waals surface area (Å²) in [5.41, 5.74) is 3.28. The minimum absolute atomic E-state index is 0.525. The summed E-state index contributed by atoms with van der Waals surface area (Å²) in [5, 5.41) is 16.9. The topological polar surface area (TPSA) is 116 Å². The number of aromatic amines is 2. The van der Waals surface area contributed by atoms with E-state index in [0.29, 0.717) is 39.8 Å². The van der Waals surface area contributed by atoms with Gasteiger partial charge in [0.1, 0.15) is 5.69 Å². The molecule has 2 heterocycles. The molecule has 9 heteroatoms. The van der Waals surface area contributed by atoms with Gasteiger partial charge in [-0.05, 0) is 5.56 Å². The number of ether oxygens (including phenoxy) is 2. The van der Waals surface area contributed by atoms with Crippen LogP contribution in [0.5, 0.6) is 11.5 Å². The molecule has 0 fully saturated rings. The van der Waals surface area contributed by atoms with Crippen LogP contribution in [-0.4, -0.2) is 52.5 Å². The number of rotatable bonds is 7. The number of nitrogens with one attached hydrogen (secondary N) is 2. The second-order valence-corrected chi connectivity index (χ2v) is 6.70. The Bertz CT molecular complexity index is 1140. The van der Waals surface area contributed by atoms with Gasteiger partial charge >= 0.3 is 5.97 Å². The van der Waals surface area contributed by atoms with E-state index in [1.54, 1.807) is 56.6 Å². The summed E-state index contributed by atoms with van der Waals surface area (Å²) >= 11 is 0. The summed E-state index contributed by atoms with van der Waals surface area (Å²) in [4.78, 5) is 21.6. The average Bonchev–Trinajstić information content (AvgIpc) is 3.39. The number of likely N-dealkylation sites (N-methyl/N-ethyl adjacent to an activating group) is 1. The summed E-state index contributed by atoms with van der Waals surface area (Å²) in [7, 11) is 4.85. The molecule has 2 aromatic heterocycles. The van der Waals surface area contributed by atoms with Gasteiger partial charge in [0.2, 0.25) is 0 Å². The van der Waals surface area contributed by atoms with Crippen molar-refractivity contribution in [1.82, 2.24) is 20.2 Å². The zero-order valence-electron chi connectivity index (χ0n) is 16.7. The van der Waals surface area contributed by atoms with Crippen LogP contribution in [0.15, 0.2) is 48.7 Å². The van der Waals surface area contributed by atoms with Crippen LogP contribution in [0.25, 0.3) is 22.6 Å². The van der Waals surface area contributed by atoms with E-state index in [1.165, 1.54) is 0 Å². The number of carbonyl (C=O) groups is 1. The molecular formula is C21H21N5O4. The Kier molecular flexibility index (Phi) is 5.01. The molecule has 0 spiro atoms. The van der Waals surface area contributed by atoms with Gasteiger partial charge in [0.15, 0.2) is 23.4 Å². The number of carboxylic acids is 1. The van der Waals surface area contributed by atoms with Crippen molar-refractivity contribution in [1.29, 1.82) is 0 Å². The molecule has 30 heavy (non-hydrogen) atoms. The molecule has 2 aromatic carbocycles. The SMILES string of the molecule is COc1cc2nc(-c3[nH]ncc3N(C)[C@@H](C(=O)O)c3ccccc3)[nH]c2cc1OC. The summed E-state index contributed by atoms with van der Waals surface area (Å²) < 4.78 is 10.7. The number of methoxy groups -OCH3 is 2. The number of carboxylic acid groups (broad SMARTS) is 1. The van der Waals surface area contributed by atoms with Gasteiger partial charge in [-0.2, -0.15) is 5.10 Å². The van der Waals surface area contributed by atoms with E-state index in [9.17, 15) is 9.90 Å². The Morgan fingerprint density at radius 2 is 1.83 bits per heavy atom. The normalized spacial score (nSPS) is 12.0. The van der Waals surface area contributed by atoms with E-state index in [1.807, 2.05) is 18.2 Å². The number of nitrogens with zero attached hydrogens (tertiary/aromatic N) is 3. The van der Waals surface area contributed by atoms with Crippen LogP contribution in [0.1, 0.15) is 11.6 Å². The van der Waals surface area contributed by atoms with Crippen LogP contribution in [0, 0.1) is 0 Å². The Labute approximate surface area is 172 Å². The van der Waals surface area contributed by atoms with Crippen molar-refractivity contribution in [2.75, 3.05) is 26.2 Å². The molecule has 0 aliphatic heterocycles. The van der Waals surface area contributed by atoms with Crippen LogP contribution in [0.3, 0.4) is 0 Å². The van der Waals surface area contributed by atoms with Gasteiger partial charge in [-0.3, -0.25) is 5.10 Å². The number of hydrogen-bond acceptors (Lipinski definition) is 6. The largest absolute Gasteiger partial charge is 0.493 e. The summed E-state index contributed by atoms with van der Waals surface area (Å²) in [6.45, 7) is 0.